The molecule has 104 valence electrons. The molecule has 0 radical (unpaired) electrons. The molecule has 0 heterocycles. The summed E-state index contributed by atoms with van der Waals surface area (Å²) in [6, 6.07) is -0.110. The molecule has 1 aliphatic rings. The van der Waals surface area contributed by atoms with Crippen LogP contribution in [-0.2, 0) is 4.79 Å². The predicted octanol–water partition coefficient (Wildman–Crippen LogP) is 1.98. The highest BCUT2D eigenvalue weighted by molar-refractivity contribution is 5.73. The van der Waals surface area contributed by atoms with E-state index in [4.69, 9.17) is 5.11 Å². The fourth-order valence-corrected chi connectivity index (χ4v) is 1.93. The number of aliphatic carboxylic acids is 1. The SMILES string of the molecule is CC(CNC(=O)NCCCCCC(=O)O)C1CC1. The van der Waals surface area contributed by atoms with E-state index < -0.39 is 5.97 Å². The highest BCUT2D eigenvalue weighted by Gasteiger charge is 2.27. The minimum Gasteiger partial charge on any atom is -0.481 e. The Morgan fingerprint density at radius 3 is 2.56 bits per heavy atom. The molecular formula is C13H24N2O3. The maximum Gasteiger partial charge on any atom is 0.314 e. The van der Waals surface area contributed by atoms with Crippen molar-refractivity contribution in [3.8, 4) is 0 Å². The Morgan fingerprint density at radius 1 is 1.22 bits per heavy atom. The van der Waals surface area contributed by atoms with Crippen LogP contribution in [0.3, 0.4) is 0 Å². The zero-order valence-electron chi connectivity index (χ0n) is 11.1. The first-order valence-corrected chi connectivity index (χ1v) is 6.83. The molecule has 1 saturated carbocycles. The lowest BCUT2D eigenvalue weighted by atomic mass is 10.1. The molecular weight excluding hydrogens is 232 g/mol. The number of nitrogens with one attached hydrogen (secondary N) is 2. The van der Waals surface area contributed by atoms with Crippen molar-refractivity contribution in [1.82, 2.24) is 10.6 Å². The van der Waals surface area contributed by atoms with Crippen LogP contribution in [0.15, 0.2) is 0 Å². The van der Waals surface area contributed by atoms with Crippen LogP contribution in [0.1, 0.15) is 45.4 Å². The van der Waals surface area contributed by atoms with Gasteiger partial charge >= 0.3 is 12.0 Å². The van der Waals surface area contributed by atoms with Crippen molar-refractivity contribution in [2.45, 2.75) is 45.4 Å². The molecule has 1 atom stereocenters. The maximum absolute atomic E-state index is 11.4. The fourth-order valence-electron chi connectivity index (χ4n) is 1.93. The Kier molecular flexibility index (Phi) is 6.54. The third-order valence-corrected chi connectivity index (χ3v) is 3.36. The van der Waals surface area contributed by atoms with Crippen molar-refractivity contribution in [3.63, 3.8) is 0 Å². The largest absolute Gasteiger partial charge is 0.481 e. The van der Waals surface area contributed by atoms with Gasteiger partial charge in [0.2, 0.25) is 0 Å². The summed E-state index contributed by atoms with van der Waals surface area (Å²) in [7, 11) is 0. The topological polar surface area (TPSA) is 78.4 Å². The monoisotopic (exact) mass is 256 g/mol. The molecule has 0 bridgehead atoms. The van der Waals surface area contributed by atoms with Crippen molar-refractivity contribution in [2.75, 3.05) is 13.1 Å². The second-order valence-corrected chi connectivity index (χ2v) is 5.16. The molecule has 5 heteroatoms. The van der Waals surface area contributed by atoms with Gasteiger partial charge in [-0.3, -0.25) is 4.79 Å². The van der Waals surface area contributed by atoms with Crippen molar-refractivity contribution in [2.24, 2.45) is 11.8 Å². The molecule has 0 saturated heterocycles. The molecule has 0 aromatic heterocycles. The number of carboxylic acid groups (broad SMARTS) is 1. The van der Waals surface area contributed by atoms with Crippen LogP contribution in [0.25, 0.3) is 0 Å². The molecule has 0 aromatic carbocycles. The summed E-state index contributed by atoms with van der Waals surface area (Å²) in [6.45, 7) is 3.53. The zero-order chi connectivity index (χ0) is 13.4. The Labute approximate surface area is 108 Å². The summed E-state index contributed by atoms with van der Waals surface area (Å²) in [6.07, 6.45) is 5.16. The summed E-state index contributed by atoms with van der Waals surface area (Å²) in [5.74, 6) is 0.627. The van der Waals surface area contributed by atoms with Gasteiger partial charge in [0.1, 0.15) is 0 Å². The molecule has 1 unspecified atom stereocenters. The van der Waals surface area contributed by atoms with E-state index >= 15 is 0 Å². The summed E-state index contributed by atoms with van der Waals surface area (Å²) in [5.41, 5.74) is 0. The van der Waals surface area contributed by atoms with E-state index in [0.29, 0.717) is 18.9 Å². The van der Waals surface area contributed by atoms with Gasteiger partial charge in [0.05, 0.1) is 0 Å². The van der Waals surface area contributed by atoms with Gasteiger partial charge in [-0.1, -0.05) is 13.3 Å². The number of rotatable bonds is 9. The first-order valence-electron chi connectivity index (χ1n) is 6.83. The molecule has 1 rings (SSSR count). The van der Waals surface area contributed by atoms with Gasteiger partial charge in [-0.25, -0.2) is 4.79 Å². The van der Waals surface area contributed by atoms with E-state index in [1.54, 1.807) is 0 Å². The number of unbranched alkanes of at least 4 members (excludes halogenated alkanes) is 2. The van der Waals surface area contributed by atoms with Crippen molar-refractivity contribution in [3.05, 3.63) is 0 Å². The molecule has 1 fully saturated rings. The van der Waals surface area contributed by atoms with Crippen molar-refractivity contribution < 1.29 is 14.7 Å². The van der Waals surface area contributed by atoms with Gasteiger partial charge in [-0.15, -0.1) is 0 Å². The number of urea groups is 1. The fraction of sp³-hybridized carbons (Fsp3) is 0.846. The molecule has 5 nitrogen and oxygen atoms in total. The average Bonchev–Trinajstić information content (AvgIpc) is 3.14. The lowest BCUT2D eigenvalue weighted by molar-refractivity contribution is -0.137. The van der Waals surface area contributed by atoms with E-state index in [0.717, 1.165) is 25.3 Å². The molecule has 2 amide bonds. The number of carbonyl (C=O) groups excluding carboxylic acids is 1. The number of carboxylic acids is 1. The van der Waals surface area contributed by atoms with Crippen molar-refractivity contribution in [1.29, 1.82) is 0 Å². The van der Waals surface area contributed by atoms with Crippen LogP contribution in [0.2, 0.25) is 0 Å². The number of hydrogen-bond donors (Lipinski definition) is 3. The third kappa shape index (κ3) is 7.14. The van der Waals surface area contributed by atoms with Gasteiger partial charge in [0.25, 0.3) is 0 Å². The van der Waals surface area contributed by atoms with E-state index in [9.17, 15) is 9.59 Å². The Morgan fingerprint density at radius 2 is 1.94 bits per heavy atom. The normalized spacial score (nSPS) is 16.1. The standard InChI is InChI=1S/C13H24N2O3/c1-10(11-6-7-11)9-15-13(18)14-8-4-2-3-5-12(16)17/h10-11H,2-9H2,1H3,(H,16,17)(H2,14,15,18). The molecule has 0 aliphatic heterocycles. The average molecular weight is 256 g/mol. The highest BCUT2D eigenvalue weighted by atomic mass is 16.4. The first kappa shape index (κ1) is 14.8. The van der Waals surface area contributed by atoms with E-state index in [-0.39, 0.29) is 12.5 Å². The van der Waals surface area contributed by atoms with Crippen LogP contribution >= 0.6 is 0 Å². The molecule has 18 heavy (non-hydrogen) atoms. The van der Waals surface area contributed by atoms with Crippen LogP contribution < -0.4 is 10.6 Å². The quantitative estimate of drug-likeness (QED) is 0.552. The number of carbonyl (C=O) groups is 2. The summed E-state index contributed by atoms with van der Waals surface area (Å²) >= 11 is 0. The Balaban J connectivity index is 1.88. The van der Waals surface area contributed by atoms with Gasteiger partial charge in [0, 0.05) is 19.5 Å². The zero-order valence-corrected chi connectivity index (χ0v) is 11.1. The van der Waals surface area contributed by atoms with E-state index in [2.05, 4.69) is 17.6 Å². The predicted molar refractivity (Wildman–Crippen MR) is 69.4 cm³/mol. The number of hydrogen-bond acceptors (Lipinski definition) is 2. The lowest BCUT2D eigenvalue weighted by Gasteiger charge is -2.12. The van der Waals surface area contributed by atoms with Crippen LogP contribution in [0.4, 0.5) is 4.79 Å². The summed E-state index contributed by atoms with van der Waals surface area (Å²) in [5, 5.41) is 14.1. The third-order valence-electron chi connectivity index (χ3n) is 3.36. The molecule has 1 aliphatic carbocycles. The Bertz CT molecular complexity index is 277. The lowest BCUT2D eigenvalue weighted by Crippen LogP contribution is -2.38. The summed E-state index contributed by atoms with van der Waals surface area (Å²) in [4.78, 5) is 21.7. The van der Waals surface area contributed by atoms with Crippen LogP contribution in [-0.4, -0.2) is 30.2 Å². The second-order valence-electron chi connectivity index (χ2n) is 5.16. The van der Waals surface area contributed by atoms with E-state index in [1.807, 2.05) is 0 Å². The maximum atomic E-state index is 11.4. The van der Waals surface area contributed by atoms with Crippen LogP contribution in [0.5, 0.6) is 0 Å². The smallest absolute Gasteiger partial charge is 0.314 e. The first-order chi connectivity index (χ1) is 8.59. The Hall–Kier alpha value is -1.26. The van der Waals surface area contributed by atoms with Gasteiger partial charge in [-0.2, -0.15) is 0 Å². The van der Waals surface area contributed by atoms with Crippen molar-refractivity contribution >= 4 is 12.0 Å². The van der Waals surface area contributed by atoms with E-state index in [1.165, 1.54) is 12.8 Å². The van der Waals surface area contributed by atoms with Gasteiger partial charge in [-0.05, 0) is 37.5 Å². The minimum atomic E-state index is -0.755. The second kappa shape index (κ2) is 7.95. The molecule has 3 N–H and O–H groups in total. The molecule has 0 aromatic rings. The van der Waals surface area contributed by atoms with Gasteiger partial charge < -0.3 is 15.7 Å². The number of amides is 2. The van der Waals surface area contributed by atoms with Gasteiger partial charge in [0.15, 0.2) is 0 Å². The molecule has 0 spiro atoms. The highest BCUT2D eigenvalue weighted by Crippen LogP contribution is 2.35. The van der Waals surface area contributed by atoms with Crippen LogP contribution in [0, 0.1) is 11.8 Å². The minimum absolute atomic E-state index is 0.110. The summed E-state index contributed by atoms with van der Waals surface area (Å²) < 4.78 is 0.